The quantitative estimate of drug-likeness (QED) is 0.828. The molecule has 5 heteroatoms. The van der Waals surface area contributed by atoms with Crippen molar-refractivity contribution in [3.05, 3.63) is 0 Å². The molecule has 150 valence electrons. The Morgan fingerprint density at radius 3 is 2.31 bits per heavy atom. The Bertz CT molecular complexity index is 470. The fraction of sp³-hybridized carbons (Fsp3) is 0.952. The van der Waals surface area contributed by atoms with Gasteiger partial charge in [-0.25, -0.2) is 4.79 Å². The summed E-state index contributed by atoms with van der Waals surface area (Å²) in [6.07, 6.45) is 9.72. The van der Waals surface area contributed by atoms with Crippen LogP contribution in [0.3, 0.4) is 0 Å². The maximum absolute atomic E-state index is 12.3. The molecule has 1 saturated carbocycles. The third-order valence-electron chi connectivity index (χ3n) is 6.84. The predicted octanol–water partition coefficient (Wildman–Crippen LogP) is 3.65. The molecule has 26 heavy (non-hydrogen) atoms. The molecule has 0 aromatic heterocycles. The van der Waals surface area contributed by atoms with E-state index in [1.165, 1.54) is 38.6 Å². The number of likely N-dealkylation sites (tertiary alicyclic amines) is 2. The van der Waals surface area contributed by atoms with Crippen molar-refractivity contribution in [2.45, 2.75) is 83.8 Å². The van der Waals surface area contributed by atoms with Gasteiger partial charge in [-0.3, -0.25) is 4.90 Å². The fourth-order valence-corrected chi connectivity index (χ4v) is 5.14. The van der Waals surface area contributed by atoms with Gasteiger partial charge in [0, 0.05) is 25.7 Å². The highest BCUT2D eigenvalue weighted by Gasteiger charge is 2.40. The Balaban J connectivity index is 1.43. The van der Waals surface area contributed by atoms with Crippen LogP contribution in [0.4, 0.5) is 4.79 Å². The zero-order chi connectivity index (χ0) is 18.8. The van der Waals surface area contributed by atoms with Crippen LogP contribution in [-0.2, 0) is 4.74 Å². The average molecular weight is 367 g/mol. The van der Waals surface area contributed by atoms with Crippen LogP contribution in [0.25, 0.3) is 0 Å². The number of rotatable bonds is 3. The molecule has 1 aliphatic carbocycles. The number of aliphatic hydroxyl groups is 1. The third kappa shape index (κ3) is 4.92. The SMILES string of the molecule is CC(C)(C)OC(=O)N1CCC2(CCC(CN3CCC[C@H]3CO)CC2)CC1. The monoisotopic (exact) mass is 366 g/mol. The van der Waals surface area contributed by atoms with E-state index in [2.05, 4.69) is 4.90 Å². The minimum Gasteiger partial charge on any atom is -0.444 e. The van der Waals surface area contributed by atoms with Crippen molar-refractivity contribution < 1.29 is 14.6 Å². The number of ether oxygens (including phenoxy) is 1. The summed E-state index contributed by atoms with van der Waals surface area (Å²) in [6, 6.07) is 0.406. The summed E-state index contributed by atoms with van der Waals surface area (Å²) < 4.78 is 5.53. The van der Waals surface area contributed by atoms with Gasteiger partial charge in [0.15, 0.2) is 0 Å². The van der Waals surface area contributed by atoms with E-state index in [4.69, 9.17) is 4.74 Å². The fourth-order valence-electron chi connectivity index (χ4n) is 5.14. The molecule has 1 atom stereocenters. The summed E-state index contributed by atoms with van der Waals surface area (Å²) >= 11 is 0. The second-order valence-corrected chi connectivity index (χ2v) is 9.88. The summed E-state index contributed by atoms with van der Waals surface area (Å²) in [5.41, 5.74) is 0.0443. The number of aliphatic hydroxyl groups excluding tert-OH is 1. The normalized spacial score (nSPS) is 27.8. The topological polar surface area (TPSA) is 53.0 Å². The van der Waals surface area contributed by atoms with E-state index in [9.17, 15) is 9.90 Å². The van der Waals surface area contributed by atoms with E-state index in [0.29, 0.717) is 18.1 Å². The number of amides is 1. The molecule has 2 saturated heterocycles. The molecule has 0 aromatic rings. The summed E-state index contributed by atoms with van der Waals surface area (Å²) in [5, 5.41) is 9.52. The van der Waals surface area contributed by atoms with Crippen molar-refractivity contribution in [3.63, 3.8) is 0 Å². The third-order valence-corrected chi connectivity index (χ3v) is 6.84. The summed E-state index contributed by atoms with van der Waals surface area (Å²) in [4.78, 5) is 16.7. The second-order valence-electron chi connectivity index (χ2n) is 9.88. The summed E-state index contributed by atoms with van der Waals surface area (Å²) in [7, 11) is 0. The Labute approximate surface area is 159 Å². The van der Waals surface area contributed by atoms with Crippen LogP contribution in [0.1, 0.15) is 72.1 Å². The van der Waals surface area contributed by atoms with Crippen molar-refractivity contribution in [1.82, 2.24) is 9.80 Å². The van der Waals surface area contributed by atoms with Gasteiger partial charge in [0.25, 0.3) is 0 Å². The average Bonchev–Trinajstić information content (AvgIpc) is 3.03. The van der Waals surface area contributed by atoms with Crippen molar-refractivity contribution in [1.29, 1.82) is 0 Å². The molecule has 3 rings (SSSR count). The number of hydrogen-bond acceptors (Lipinski definition) is 4. The van der Waals surface area contributed by atoms with Gasteiger partial charge in [0.2, 0.25) is 0 Å². The molecule has 5 nitrogen and oxygen atoms in total. The maximum atomic E-state index is 12.3. The van der Waals surface area contributed by atoms with Gasteiger partial charge in [-0.15, -0.1) is 0 Å². The van der Waals surface area contributed by atoms with Gasteiger partial charge >= 0.3 is 6.09 Å². The molecule has 3 fully saturated rings. The van der Waals surface area contributed by atoms with E-state index in [0.717, 1.165) is 44.8 Å². The maximum Gasteiger partial charge on any atom is 0.410 e. The first-order valence-electron chi connectivity index (χ1n) is 10.6. The molecule has 1 N–H and O–H groups in total. The molecule has 0 bridgehead atoms. The number of hydrogen-bond donors (Lipinski definition) is 1. The first-order chi connectivity index (χ1) is 12.3. The molecule has 3 aliphatic rings. The second kappa shape index (κ2) is 8.05. The molecular weight excluding hydrogens is 328 g/mol. The van der Waals surface area contributed by atoms with Gasteiger partial charge in [0.05, 0.1) is 6.61 Å². The van der Waals surface area contributed by atoms with Crippen molar-refractivity contribution in [2.24, 2.45) is 11.3 Å². The van der Waals surface area contributed by atoms with Crippen LogP contribution in [0, 0.1) is 11.3 Å². The Morgan fingerprint density at radius 2 is 1.73 bits per heavy atom. The zero-order valence-corrected chi connectivity index (χ0v) is 17.0. The van der Waals surface area contributed by atoms with Crippen LogP contribution in [0.5, 0.6) is 0 Å². The van der Waals surface area contributed by atoms with Crippen molar-refractivity contribution >= 4 is 6.09 Å². The highest BCUT2D eigenvalue weighted by molar-refractivity contribution is 5.68. The van der Waals surface area contributed by atoms with E-state index < -0.39 is 5.60 Å². The first-order valence-corrected chi connectivity index (χ1v) is 10.6. The minimum atomic E-state index is -0.410. The minimum absolute atomic E-state index is 0.148. The van der Waals surface area contributed by atoms with Gasteiger partial charge in [-0.1, -0.05) is 0 Å². The van der Waals surface area contributed by atoms with Crippen LogP contribution in [0.15, 0.2) is 0 Å². The molecule has 1 amide bonds. The molecular formula is C21H38N2O3. The van der Waals surface area contributed by atoms with E-state index >= 15 is 0 Å². The Morgan fingerprint density at radius 1 is 1.08 bits per heavy atom. The van der Waals surface area contributed by atoms with Crippen LogP contribution in [0.2, 0.25) is 0 Å². The largest absolute Gasteiger partial charge is 0.444 e. The highest BCUT2D eigenvalue weighted by atomic mass is 16.6. The van der Waals surface area contributed by atoms with Gasteiger partial charge in [0.1, 0.15) is 5.60 Å². The highest BCUT2D eigenvalue weighted by Crippen LogP contribution is 2.46. The van der Waals surface area contributed by atoms with Gasteiger partial charge in [-0.2, -0.15) is 0 Å². The number of nitrogens with zero attached hydrogens (tertiary/aromatic N) is 2. The lowest BCUT2D eigenvalue weighted by Crippen LogP contribution is -2.46. The molecule has 2 heterocycles. The smallest absolute Gasteiger partial charge is 0.410 e. The molecule has 2 aliphatic heterocycles. The van der Waals surface area contributed by atoms with Crippen molar-refractivity contribution in [2.75, 3.05) is 32.8 Å². The summed E-state index contributed by atoms with van der Waals surface area (Å²) in [6.45, 7) is 10.1. The molecule has 0 radical (unpaired) electrons. The standard InChI is InChI=1S/C21H38N2O3/c1-20(2,3)26-19(25)22-13-10-21(11-14-22)8-6-17(7-9-21)15-23-12-4-5-18(23)16-24/h17-18,24H,4-16H2,1-3H3/t18-/m0/s1. The van der Waals surface area contributed by atoms with E-state index in [1.54, 1.807) is 0 Å². The lowest BCUT2D eigenvalue weighted by atomic mass is 9.65. The van der Waals surface area contributed by atoms with E-state index in [-0.39, 0.29) is 6.09 Å². The number of piperidine rings is 1. The van der Waals surface area contributed by atoms with Crippen LogP contribution < -0.4 is 0 Å². The van der Waals surface area contributed by atoms with Crippen LogP contribution in [-0.4, -0.2) is 65.4 Å². The van der Waals surface area contributed by atoms with Gasteiger partial charge < -0.3 is 14.7 Å². The number of carbonyl (C=O) groups is 1. The molecule has 1 spiro atoms. The predicted molar refractivity (Wildman–Crippen MR) is 103 cm³/mol. The first kappa shape index (κ1) is 19.9. The number of carbonyl (C=O) groups excluding carboxylic acids is 1. The summed E-state index contributed by atoms with van der Waals surface area (Å²) in [5.74, 6) is 0.789. The Kier molecular flexibility index (Phi) is 6.18. The molecule has 0 unspecified atom stereocenters. The van der Waals surface area contributed by atoms with Gasteiger partial charge in [-0.05, 0) is 90.0 Å². The van der Waals surface area contributed by atoms with Crippen LogP contribution >= 0.6 is 0 Å². The lowest BCUT2D eigenvalue weighted by Gasteiger charge is -2.46. The lowest BCUT2D eigenvalue weighted by molar-refractivity contribution is -0.000453. The van der Waals surface area contributed by atoms with Crippen molar-refractivity contribution in [3.8, 4) is 0 Å². The zero-order valence-electron chi connectivity index (χ0n) is 17.0. The van der Waals surface area contributed by atoms with E-state index in [1.807, 2.05) is 25.7 Å². The molecule has 0 aromatic carbocycles. The Hall–Kier alpha value is -0.810.